The summed E-state index contributed by atoms with van der Waals surface area (Å²) >= 11 is 0. The highest BCUT2D eigenvalue weighted by atomic mass is 19.4. The summed E-state index contributed by atoms with van der Waals surface area (Å²) in [4.78, 5) is 18.8. The Balaban J connectivity index is 1.84. The van der Waals surface area contributed by atoms with E-state index in [4.69, 9.17) is 4.74 Å². The van der Waals surface area contributed by atoms with Crippen LogP contribution in [0, 0.1) is 6.92 Å². The zero-order chi connectivity index (χ0) is 17.3. The number of rotatable bonds is 2. The van der Waals surface area contributed by atoms with E-state index in [1.54, 1.807) is 12.1 Å². The van der Waals surface area contributed by atoms with Crippen molar-refractivity contribution in [3.63, 3.8) is 0 Å². The number of halogens is 3. The molecule has 0 spiro atoms. The molecular formula is C16H14F3N3O2. The molecule has 0 unspecified atom stereocenters. The minimum atomic E-state index is -4.71. The summed E-state index contributed by atoms with van der Waals surface area (Å²) in [6.07, 6.45) is -2.89. The van der Waals surface area contributed by atoms with Crippen LogP contribution in [0.3, 0.4) is 0 Å². The Morgan fingerprint density at radius 3 is 2.79 bits per heavy atom. The molecule has 3 rings (SSSR count). The number of hydrogen-bond acceptors (Lipinski definition) is 4. The molecule has 1 aliphatic rings. The maximum atomic E-state index is 12.8. The highest BCUT2D eigenvalue weighted by Crippen LogP contribution is 2.29. The maximum absolute atomic E-state index is 12.8. The molecule has 8 heteroatoms. The largest absolute Gasteiger partial charge is 0.493 e. The van der Waals surface area contributed by atoms with Crippen molar-refractivity contribution in [2.24, 2.45) is 0 Å². The van der Waals surface area contributed by atoms with Gasteiger partial charge in [0.25, 0.3) is 5.91 Å². The Bertz CT molecular complexity index is 791. The van der Waals surface area contributed by atoms with Gasteiger partial charge in [0, 0.05) is 17.4 Å². The standard InChI is InChI=1S/C16H14F3N3O2/c1-9-7-12(22-15(20-9)16(17,18)19)14(23)21-11-5-4-10-3-2-6-24-13(10)8-11/h4-5,7-8H,2-3,6H2,1H3,(H,21,23). The first kappa shape index (κ1) is 16.2. The highest BCUT2D eigenvalue weighted by molar-refractivity contribution is 6.03. The van der Waals surface area contributed by atoms with Gasteiger partial charge in [-0.25, -0.2) is 9.97 Å². The summed E-state index contributed by atoms with van der Waals surface area (Å²) in [5, 5.41) is 2.54. The molecule has 0 atom stereocenters. The average molecular weight is 337 g/mol. The maximum Gasteiger partial charge on any atom is 0.451 e. The van der Waals surface area contributed by atoms with Gasteiger partial charge >= 0.3 is 6.18 Å². The van der Waals surface area contributed by atoms with Gasteiger partial charge in [0.2, 0.25) is 5.82 Å². The van der Waals surface area contributed by atoms with Crippen molar-refractivity contribution in [3.05, 3.63) is 47.0 Å². The van der Waals surface area contributed by atoms with Gasteiger partial charge < -0.3 is 10.1 Å². The van der Waals surface area contributed by atoms with Crippen molar-refractivity contribution in [3.8, 4) is 5.75 Å². The predicted octanol–water partition coefficient (Wildman–Crippen LogP) is 3.38. The van der Waals surface area contributed by atoms with E-state index >= 15 is 0 Å². The lowest BCUT2D eigenvalue weighted by molar-refractivity contribution is -0.145. The molecule has 24 heavy (non-hydrogen) atoms. The van der Waals surface area contributed by atoms with Crippen molar-refractivity contribution in [2.45, 2.75) is 25.9 Å². The van der Waals surface area contributed by atoms with Gasteiger partial charge in [0.1, 0.15) is 11.4 Å². The van der Waals surface area contributed by atoms with Crippen LogP contribution in [0.15, 0.2) is 24.3 Å². The lowest BCUT2D eigenvalue weighted by Gasteiger charge is -2.18. The van der Waals surface area contributed by atoms with Crippen LogP contribution in [0.5, 0.6) is 5.75 Å². The van der Waals surface area contributed by atoms with Crippen LogP contribution in [0.1, 0.15) is 34.0 Å². The molecular weight excluding hydrogens is 323 g/mol. The van der Waals surface area contributed by atoms with Crippen molar-refractivity contribution in [1.82, 2.24) is 9.97 Å². The van der Waals surface area contributed by atoms with Crippen LogP contribution in [-0.4, -0.2) is 22.5 Å². The molecule has 0 aliphatic carbocycles. The van der Waals surface area contributed by atoms with Crippen LogP contribution in [0.25, 0.3) is 0 Å². The number of carbonyl (C=O) groups excluding carboxylic acids is 1. The van der Waals surface area contributed by atoms with Crippen LogP contribution >= 0.6 is 0 Å². The minimum absolute atomic E-state index is 0.0660. The van der Waals surface area contributed by atoms with Crippen LogP contribution < -0.4 is 10.1 Å². The first-order valence-corrected chi connectivity index (χ1v) is 7.33. The molecule has 1 aromatic carbocycles. The van der Waals surface area contributed by atoms with E-state index in [1.165, 1.54) is 13.0 Å². The third-order valence-corrected chi connectivity index (χ3v) is 3.51. The zero-order valence-electron chi connectivity index (χ0n) is 12.8. The number of anilines is 1. The van der Waals surface area contributed by atoms with E-state index < -0.39 is 17.9 Å². The molecule has 1 N–H and O–H groups in total. The highest BCUT2D eigenvalue weighted by Gasteiger charge is 2.35. The molecule has 0 saturated heterocycles. The van der Waals surface area contributed by atoms with Crippen molar-refractivity contribution >= 4 is 11.6 Å². The molecule has 5 nitrogen and oxygen atoms in total. The van der Waals surface area contributed by atoms with Gasteiger partial charge in [-0.15, -0.1) is 0 Å². The molecule has 1 amide bonds. The third-order valence-electron chi connectivity index (χ3n) is 3.51. The Labute approximate surface area is 135 Å². The monoisotopic (exact) mass is 337 g/mol. The van der Waals surface area contributed by atoms with E-state index in [9.17, 15) is 18.0 Å². The topological polar surface area (TPSA) is 64.1 Å². The van der Waals surface area contributed by atoms with E-state index in [0.29, 0.717) is 18.0 Å². The number of benzene rings is 1. The summed E-state index contributed by atoms with van der Waals surface area (Å²) in [5.74, 6) is -1.39. The fourth-order valence-corrected chi connectivity index (χ4v) is 2.42. The number of amides is 1. The van der Waals surface area contributed by atoms with Crippen LogP contribution in [0.2, 0.25) is 0 Å². The third kappa shape index (κ3) is 3.47. The van der Waals surface area contributed by atoms with Gasteiger partial charge in [0.15, 0.2) is 0 Å². The number of hydrogen-bond donors (Lipinski definition) is 1. The number of ether oxygens (including phenoxy) is 1. The van der Waals surface area contributed by atoms with Gasteiger partial charge in [-0.3, -0.25) is 4.79 Å². The normalized spacial score (nSPS) is 13.8. The SMILES string of the molecule is Cc1cc(C(=O)Nc2ccc3c(c2)OCCC3)nc(C(F)(F)F)n1. The summed E-state index contributed by atoms with van der Waals surface area (Å²) in [7, 11) is 0. The Morgan fingerprint density at radius 1 is 1.25 bits per heavy atom. The zero-order valence-corrected chi connectivity index (χ0v) is 12.8. The lowest BCUT2D eigenvalue weighted by Crippen LogP contribution is -2.19. The molecule has 126 valence electrons. The number of nitrogens with zero attached hydrogens (tertiary/aromatic N) is 2. The fourth-order valence-electron chi connectivity index (χ4n) is 2.42. The fraction of sp³-hybridized carbons (Fsp3) is 0.312. The van der Waals surface area contributed by atoms with Crippen molar-refractivity contribution in [2.75, 3.05) is 11.9 Å². The van der Waals surface area contributed by atoms with E-state index in [1.807, 2.05) is 6.07 Å². The number of aryl methyl sites for hydroxylation is 2. The second kappa shape index (κ2) is 6.10. The number of alkyl halides is 3. The molecule has 0 bridgehead atoms. The second-order valence-corrected chi connectivity index (χ2v) is 5.44. The molecule has 0 radical (unpaired) electrons. The molecule has 2 aromatic rings. The first-order chi connectivity index (χ1) is 11.3. The summed E-state index contributed by atoms with van der Waals surface area (Å²) in [6, 6.07) is 6.38. The van der Waals surface area contributed by atoms with Gasteiger partial charge in [-0.1, -0.05) is 6.07 Å². The quantitative estimate of drug-likeness (QED) is 0.912. The predicted molar refractivity (Wildman–Crippen MR) is 80.0 cm³/mol. The van der Waals surface area contributed by atoms with Gasteiger partial charge in [-0.05, 0) is 37.5 Å². The van der Waals surface area contributed by atoms with E-state index in [0.717, 1.165) is 18.4 Å². The van der Waals surface area contributed by atoms with E-state index in [-0.39, 0.29) is 11.4 Å². The molecule has 1 aliphatic heterocycles. The first-order valence-electron chi connectivity index (χ1n) is 7.33. The van der Waals surface area contributed by atoms with E-state index in [2.05, 4.69) is 15.3 Å². The summed E-state index contributed by atoms with van der Waals surface area (Å²) < 4.78 is 43.8. The van der Waals surface area contributed by atoms with Crippen LogP contribution in [0.4, 0.5) is 18.9 Å². The molecule has 0 saturated carbocycles. The molecule has 1 aromatic heterocycles. The molecule has 2 heterocycles. The Morgan fingerprint density at radius 2 is 2.04 bits per heavy atom. The Kier molecular flexibility index (Phi) is 4.13. The lowest BCUT2D eigenvalue weighted by atomic mass is 10.1. The second-order valence-electron chi connectivity index (χ2n) is 5.44. The van der Waals surface area contributed by atoms with Crippen molar-refractivity contribution in [1.29, 1.82) is 0 Å². The van der Waals surface area contributed by atoms with Gasteiger partial charge in [-0.2, -0.15) is 13.2 Å². The van der Waals surface area contributed by atoms with Gasteiger partial charge in [0.05, 0.1) is 6.61 Å². The number of fused-ring (bicyclic) bond motifs is 1. The average Bonchev–Trinajstić information content (AvgIpc) is 2.53. The number of nitrogens with one attached hydrogen (secondary N) is 1. The smallest absolute Gasteiger partial charge is 0.451 e. The number of carbonyl (C=O) groups is 1. The minimum Gasteiger partial charge on any atom is -0.493 e. The molecule has 0 fully saturated rings. The Hall–Kier alpha value is -2.64. The summed E-state index contributed by atoms with van der Waals surface area (Å²) in [5.41, 5.74) is 1.20. The number of aromatic nitrogens is 2. The van der Waals surface area contributed by atoms with Crippen LogP contribution in [-0.2, 0) is 12.6 Å². The summed E-state index contributed by atoms with van der Waals surface area (Å²) in [6.45, 7) is 1.98. The van der Waals surface area contributed by atoms with Crippen molar-refractivity contribution < 1.29 is 22.7 Å².